The zero-order valence-electron chi connectivity index (χ0n) is 10.2. The van der Waals surface area contributed by atoms with Crippen LogP contribution in [0.3, 0.4) is 0 Å². The van der Waals surface area contributed by atoms with Gasteiger partial charge >= 0.3 is 0 Å². The molecule has 17 heavy (non-hydrogen) atoms. The van der Waals surface area contributed by atoms with Crippen LogP contribution in [0, 0.1) is 0 Å². The second kappa shape index (κ2) is 5.14. The van der Waals surface area contributed by atoms with Crippen molar-refractivity contribution in [3.8, 4) is 0 Å². The summed E-state index contributed by atoms with van der Waals surface area (Å²) in [7, 11) is 1.82. The molecular formula is C12H19N3OS. The number of nitrogens with zero attached hydrogens (tertiary/aromatic N) is 2. The second-order valence-corrected chi connectivity index (χ2v) is 5.69. The Balaban J connectivity index is 1.87. The average molecular weight is 253 g/mol. The predicted octanol–water partition coefficient (Wildman–Crippen LogP) is 1.76. The van der Waals surface area contributed by atoms with Crippen molar-refractivity contribution in [3.63, 3.8) is 0 Å². The van der Waals surface area contributed by atoms with Crippen molar-refractivity contribution in [2.75, 3.05) is 7.05 Å². The minimum absolute atomic E-state index is 0.127. The molecule has 0 spiro atoms. The van der Waals surface area contributed by atoms with Crippen molar-refractivity contribution in [3.05, 3.63) is 16.6 Å². The van der Waals surface area contributed by atoms with Gasteiger partial charge in [0, 0.05) is 24.4 Å². The summed E-state index contributed by atoms with van der Waals surface area (Å²) >= 11 is 1.55. The fraction of sp³-hybridized carbons (Fsp3) is 0.667. The van der Waals surface area contributed by atoms with Crippen molar-refractivity contribution in [1.29, 1.82) is 0 Å². The van der Waals surface area contributed by atoms with Gasteiger partial charge in [-0.15, -0.1) is 11.3 Å². The van der Waals surface area contributed by atoms with Crippen LogP contribution in [0.4, 0.5) is 0 Å². The quantitative estimate of drug-likeness (QED) is 0.889. The van der Waals surface area contributed by atoms with Gasteiger partial charge in [0.05, 0.1) is 17.7 Å². The molecule has 0 unspecified atom stereocenters. The summed E-state index contributed by atoms with van der Waals surface area (Å²) in [6.45, 7) is 0.582. The van der Waals surface area contributed by atoms with Crippen LogP contribution in [0.25, 0.3) is 0 Å². The standard InChI is InChI=1S/C12H19N3OS/c1-15(7-10-8-17-9-14-10)11(16)6-12(13)4-2-3-5-12/h8-9H,2-7,13H2,1H3. The monoisotopic (exact) mass is 253 g/mol. The Morgan fingerprint density at radius 2 is 2.29 bits per heavy atom. The van der Waals surface area contributed by atoms with E-state index in [1.807, 2.05) is 12.4 Å². The summed E-state index contributed by atoms with van der Waals surface area (Å²) in [5, 5.41) is 1.97. The van der Waals surface area contributed by atoms with Gasteiger partial charge in [0.25, 0.3) is 0 Å². The Bertz CT molecular complexity index is 371. The van der Waals surface area contributed by atoms with Crippen LogP contribution in [-0.4, -0.2) is 28.4 Å². The zero-order chi connectivity index (χ0) is 12.3. The zero-order valence-corrected chi connectivity index (χ0v) is 11.0. The lowest BCUT2D eigenvalue weighted by Crippen LogP contribution is -2.42. The van der Waals surface area contributed by atoms with Crippen LogP contribution in [0.2, 0.25) is 0 Å². The van der Waals surface area contributed by atoms with E-state index in [4.69, 9.17) is 5.73 Å². The third-order valence-corrected chi connectivity index (χ3v) is 4.05. The van der Waals surface area contributed by atoms with Crippen molar-refractivity contribution in [2.45, 2.75) is 44.2 Å². The molecule has 1 aromatic rings. The van der Waals surface area contributed by atoms with E-state index in [1.54, 1.807) is 21.7 Å². The normalized spacial score (nSPS) is 18.2. The van der Waals surface area contributed by atoms with Crippen molar-refractivity contribution < 1.29 is 4.79 Å². The molecule has 1 aromatic heterocycles. The molecule has 0 aliphatic heterocycles. The maximum atomic E-state index is 12.1. The number of carbonyl (C=O) groups is 1. The molecule has 1 fully saturated rings. The molecule has 0 atom stereocenters. The third kappa shape index (κ3) is 3.26. The number of amides is 1. The molecule has 0 bridgehead atoms. The fourth-order valence-electron chi connectivity index (χ4n) is 2.34. The van der Waals surface area contributed by atoms with Gasteiger partial charge in [0.2, 0.25) is 5.91 Å². The van der Waals surface area contributed by atoms with Gasteiger partial charge in [-0.05, 0) is 12.8 Å². The highest BCUT2D eigenvalue weighted by Crippen LogP contribution is 2.30. The highest BCUT2D eigenvalue weighted by atomic mass is 32.1. The van der Waals surface area contributed by atoms with Gasteiger partial charge < -0.3 is 10.6 Å². The Morgan fingerprint density at radius 3 is 2.88 bits per heavy atom. The summed E-state index contributed by atoms with van der Waals surface area (Å²) in [6, 6.07) is 0. The Labute approximate surface area is 106 Å². The maximum Gasteiger partial charge on any atom is 0.224 e. The first kappa shape index (κ1) is 12.5. The van der Waals surface area contributed by atoms with Gasteiger partial charge in [-0.3, -0.25) is 4.79 Å². The molecule has 1 aliphatic rings. The number of hydrogen-bond donors (Lipinski definition) is 1. The van der Waals surface area contributed by atoms with E-state index in [2.05, 4.69) is 4.98 Å². The highest BCUT2D eigenvalue weighted by molar-refractivity contribution is 7.07. The molecule has 1 saturated carbocycles. The lowest BCUT2D eigenvalue weighted by atomic mass is 9.94. The van der Waals surface area contributed by atoms with E-state index in [9.17, 15) is 4.79 Å². The number of rotatable bonds is 4. The molecule has 4 nitrogen and oxygen atoms in total. The van der Waals surface area contributed by atoms with Gasteiger partial charge in [-0.1, -0.05) is 12.8 Å². The van der Waals surface area contributed by atoms with Crippen LogP contribution in [0.1, 0.15) is 37.8 Å². The summed E-state index contributed by atoms with van der Waals surface area (Å²) in [5.41, 5.74) is 8.69. The Morgan fingerprint density at radius 1 is 1.59 bits per heavy atom. The number of aromatic nitrogens is 1. The lowest BCUT2D eigenvalue weighted by Gasteiger charge is -2.26. The molecule has 1 amide bonds. The summed E-state index contributed by atoms with van der Waals surface area (Å²) in [6.07, 6.45) is 4.72. The van der Waals surface area contributed by atoms with Crippen molar-refractivity contribution in [1.82, 2.24) is 9.88 Å². The fourth-order valence-corrected chi connectivity index (χ4v) is 2.89. The third-order valence-electron chi connectivity index (χ3n) is 3.41. The number of carbonyl (C=O) groups excluding carboxylic acids is 1. The number of thiazole rings is 1. The minimum Gasteiger partial charge on any atom is -0.340 e. The molecular weight excluding hydrogens is 234 g/mol. The van der Waals surface area contributed by atoms with E-state index in [0.29, 0.717) is 13.0 Å². The van der Waals surface area contributed by atoms with Gasteiger partial charge in [0.15, 0.2) is 0 Å². The van der Waals surface area contributed by atoms with Gasteiger partial charge in [-0.25, -0.2) is 4.98 Å². The molecule has 1 aliphatic carbocycles. The van der Waals surface area contributed by atoms with E-state index in [0.717, 1.165) is 31.4 Å². The van der Waals surface area contributed by atoms with Gasteiger partial charge in [-0.2, -0.15) is 0 Å². The lowest BCUT2D eigenvalue weighted by molar-refractivity contribution is -0.131. The first-order chi connectivity index (χ1) is 8.09. The van der Waals surface area contributed by atoms with Crippen molar-refractivity contribution >= 4 is 17.2 Å². The first-order valence-electron chi connectivity index (χ1n) is 5.99. The van der Waals surface area contributed by atoms with E-state index in [-0.39, 0.29) is 11.4 Å². The summed E-state index contributed by atoms with van der Waals surface area (Å²) in [5.74, 6) is 0.127. The van der Waals surface area contributed by atoms with E-state index in [1.165, 1.54) is 0 Å². The SMILES string of the molecule is CN(Cc1cscn1)C(=O)CC1(N)CCCC1. The van der Waals surface area contributed by atoms with Crippen LogP contribution in [0.5, 0.6) is 0 Å². The largest absolute Gasteiger partial charge is 0.340 e. The summed E-state index contributed by atoms with van der Waals surface area (Å²) < 4.78 is 0. The second-order valence-electron chi connectivity index (χ2n) is 4.98. The molecule has 2 N–H and O–H groups in total. The van der Waals surface area contributed by atoms with E-state index >= 15 is 0 Å². The molecule has 0 aromatic carbocycles. The van der Waals surface area contributed by atoms with Crippen LogP contribution >= 0.6 is 11.3 Å². The highest BCUT2D eigenvalue weighted by Gasteiger charge is 2.32. The first-order valence-corrected chi connectivity index (χ1v) is 6.93. The van der Waals surface area contributed by atoms with E-state index < -0.39 is 0 Å². The molecule has 0 saturated heterocycles. The predicted molar refractivity (Wildman–Crippen MR) is 68.6 cm³/mol. The molecule has 2 rings (SSSR count). The van der Waals surface area contributed by atoms with Crippen molar-refractivity contribution in [2.24, 2.45) is 5.73 Å². The van der Waals surface area contributed by atoms with Gasteiger partial charge in [0.1, 0.15) is 0 Å². The molecule has 94 valence electrons. The number of hydrogen-bond acceptors (Lipinski definition) is 4. The smallest absolute Gasteiger partial charge is 0.224 e. The Kier molecular flexibility index (Phi) is 3.79. The van der Waals surface area contributed by atoms with Crippen LogP contribution in [0.15, 0.2) is 10.9 Å². The average Bonchev–Trinajstić information content (AvgIpc) is 2.90. The topological polar surface area (TPSA) is 59.2 Å². The molecule has 0 radical (unpaired) electrons. The maximum absolute atomic E-state index is 12.1. The van der Waals surface area contributed by atoms with Crippen LogP contribution < -0.4 is 5.73 Å². The summed E-state index contributed by atoms with van der Waals surface area (Å²) in [4.78, 5) is 18.0. The number of nitrogens with two attached hydrogens (primary N) is 1. The molecule has 1 heterocycles. The minimum atomic E-state index is -0.257. The Hall–Kier alpha value is -0.940. The molecule has 5 heteroatoms. The van der Waals surface area contributed by atoms with Crippen LogP contribution in [-0.2, 0) is 11.3 Å².